The number of nitrogens with zero attached hydrogens (tertiary/aromatic N) is 2. The summed E-state index contributed by atoms with van der Waals surface area (Å²) in [7, 11) is 0. The Bertz CT molecular complexity index is 429. The average Bonchev–Trinajstić information content (AvgIpc) is 2.49. The third-order valence-corrected chi connectivity index (χ3v) is 3.80. The second-order valence-corrected chi connectivity index (χ2v) is 5.26. The number of esters is 1. The van der Waals surface area contributed by atoms with Crippen LogP contribution in [-0.2, 0) is 4.74 Å². The van der Waals surface area contributed by atoms with Crippen LogP contribution in [0.1, 0.15) is 56.3 Å². The van der Waals surface area contributed by atoms with E-state index in [1.54, 1.807) is 6.20 Å². The van der Waals surface area contributed by atoms with Crippen molar-refractivity contribution in [1.29, 1.82) is 0 Å². The fourth-order valence-corrected chi connectivity index (χ4v) is 2.83. The molecule has 1 unspecified atom stereocenters. The van der Waals surface area contributed by atoms with E-state index in [2.05, 4.69) is 16.8 Å². The van der Waals surface area contributed by atoms with Crippen LogP contribution in [0.15, 0.2) is 18.3 Å². The molecule has 20 heavy (non-hydrogen) atoms. The van der Waals surface area contributed by atoms with Gasteiger partial charge in [0.15, 0.2) is 0 Å². The summed E-state index contributed by atoms with van der Waals surface area (Å²) in [6, 6.07) is 4.35. The maximum atomic E-state index is 11.6. The average molecular weight is 276 g/mol. The first-order chi connectivity index (χ1) is 9.76. The number of ether oxygens (including phenoxy) is 1. The van der Waals surface area contributed by atoms with E-state index in [1.165, 1.54) is 32.1 Å². The quantitative estimate of drug-likeness (QED) is 0.773. The Balaban J connectivity index is 2.09. The lowest BCUT2D eigenvalue weighted by atomic mass is 9.98. The summed E-state index contributed by atoms with van der Waals surface area (Å²) in [5, 5.41) is 0. The van der Waals surface area contributed by atoms with Crippen molar-refractivity contribution in [3.05, 3.63) is 23.9 Å². The van der Waals surface area contributed by atoms with Crippen molar-refractivity contribution >= 4 is 11.8 Å². The zero-order valence-electron chi connectivity index (χ0n) is 12.5. The van der Waals surface area contributed by atoms with Crippen molar-refractivity contribution in [3.8, 4) is 0 Å². The highest BCUT2D eigenvalue weighted by Gasteiger charge is 2.22. The lowest BCUT2D eigenvalue weighted by Gasteiger charge is -2.36. The second kappa shape index (κ2) is 7.27. The first kappa shape index (κ1) is 14.8. The minimum Gasteiger partial charge on any atom is -0.462 e. The third-order valence-electron chi connectivity index (χ3n) is 3.80. The van der Waals surface area contributed by atoms with E-state index in [0.717, 1.165) is 12.4 Å². The van der Waals surface area contributed by atoms with E-state index < -0.39 is 0 Å². The first-order valence-corrected chi connectivity index (χ1v) is 7.66. The molecule has 1 atom stereocenters. The molecule has 2 heterocycles. The van der Waals surface area contributed by atoms with Crippen LogP contribution in [0.2, 0.25) is 0 Å². The van der Waals surface area contributed by atoms with Gasteiger partial charge in [0.25, 0.3) is 0 Å². The van der Waals surface area contributed by atoms with Gasteiger partial charge in [0, 0.05) is 18.8 Å². The van der Waals surface area contributed by atoms with Gasteiger partial charge < -0.3 is 9.64 Å². The zero-order chi connectivity index (χ0) is 14.4. The molecule has 0 N–H and O–H groups in total. The number of pyridine rings is 1. The molecule has 0 spiro atoms. The van der Waals surface area contributed by atoms with Crippen LogP contribution >= 0.6 is 0 Å². The van der Waals surface area contributed by atoms with Gasteiger partial charge >= 0.3 is 5.97 Å². The van der Waals surface area contributed by atoms with E-state index in [4.69, 9.17) is 4.74 Å². The smallest absolute Gasteiger partial charge is 0.339 e. The van der Waals surface area contributed by atoms with Crippen molar-refractivity contribution in [2.24, 2.45) is 0 Å². The van der Waals surface area contributed by atoms with Gasteiger partial charge in [0.2, 0.25) is 0 Å². The maximum absolute atomic E-state index is 11.6. The number of hydrogen-bond donors (Lipinski definition) is 0. The summed E-state index contributed by atoms with van der Waals surface area (Å²) in [4.78, 5) is 18.5. The van der Waals surface area contributed by atoms with Crippen LogP contribution < -0.4 is 4.90 Å². The summed E-state index contributed by atoms with van der Waals surface area (Å²) in [6.45, 7) is 5.49. The van der Waals surface area contributed by atoms with Crippen molar-refractivity contribution in [2.45, 2.75) is 52.0 Å². The summed E-state index contributed by atoms with van der Waals surface area (Å²) >= 11 is 0. The Hall–Kier alpha value is -1.58. The number of anilines is 1. The number of hydrogen-bond acceptors (Lipinski definition) is 4. The molecule has 1 aromatic heterocycles. The van der Waals surface area contributed by atoms with E-state index in [0.29, 0.717) is 18.2 Å². The standard InChI is InChI=1S/C16H24N2O2/c1-3-7-14-8-5-6-11-18(14)15-10-9-13(12-17-15)16(19)20-4-2/h9-10,12,14H,3-8,11H2,1-2H3. The molecule has 1 aliphatic heterocycles. The molecule has 1 aromatic rings. The molecule has 0 aliphatic carbocycles. The number of aromatic nitrogens is 1. The van der Waals surface area contributed by atoms with E-state index in [-0.39, 0.29) is 5.97 Å². The lowest BCUT2D eigenvalue weighted by Crippen LogP contribution is -2.40. The predicted molar refractivity (Wildman–Crippen MR) is 80.1 cm³/mol. The van der Waals surface area contributed by atoms with Crippen molar-refractivity contribution in [3.63, 3.8) is 0 Å². The first-order valence-electron chi connectivity index (χ1n) is 7.66. The molecule has 1 saturated heterocycles. The molecule has 0 aromatic carbocycles. The fraction of sp³-hybridized carbons (Fsp3) is 0.625. The summed E-state index contributed by atoms with van der Waals surface area (Å²) in [6.07, 6.45) is 7.81. The molecule has 1 aliphatic rings. The normalized spacial score (nSPS) is 18.9. The molecule has 0 radical (unpaired) electrons. The Labute approximate surface area is 121 Å². The van der Waals surface area contributed by atoms with E-state index in [1.807, 2.05) is 19.1 Å². The highest BCUT2D eigenvalue weighted by molar-refractivity contribution is 5.89. The van der Waals surface area contributed by atoms with Crippen LogP contribution in [0.25, 0.3) is 0 Å². The van der Waals surface area contributed by atoms with E-state index in [9.17, 15) is 4.79 Å². The maximum Gasteiger partial charge on any atom is 0.339 e. The van der Waals surface area contributed by atoms with Gasteiger partial charge in [0.1, 0.15) is 5.82 Å². The molecule has 0 amide bonds. The van der Waals surface area contributed by atoms with Crippen LogP contribution in [0.4, 0.5) is 5.82 Å². The molecular formula is C16H24N2O2. The predicted octanol–water partition coefficient (Wildman–Crippen LogP) is 3.42. The van der Waals surface area contributed by atoms with Crippen molar-refractivity contribution in [2.75, 3.05) is 18.1 Å². The molecule has 110 valence electrons. The number of carbonyl (C=O) groups is 1. The highest BCUT2D eigenvalue weighted by Crippen LogP contribution is 2.25. The van der Waals surface area contributed by atoms with Crippen molar-refractivity contribution < 1.29 is 9.53 Å². The monoisotopic (exact) mass is 276 g/mol. The van der Waals surface area contributed by atoms with Gasteiger partial charge in [-0.3, -0.25) is 0 Å². The Morgan fingerprint density at radius 2 is 2.25 bits per heavy atom. The van der Waals surface area contributed by atoms with Gasteiger partial charge in [-0.2, -0.15) is 0 Å². The SMILES string of the molecule is CCCC1CCCCN1c1ccc(C(=O)OCC)cn1. The molecule has 4 nitrogen and oxygen atoms in total. The summed E-state index contributed by atoms with van der Waals surface area (Å²) < 4.78 is 4.98. The lowest BCUT2D eigenvalue weighted by molar-refractivity contribution is 0.0526. The highest BCUT2D eigenvalue weighted by atomic mass is 16.5. The summed E-state index contributed by atoms with van der Waals surface area (Å²) in [5.74, 6) is 0.687. The van der Waals surface area contributed by atoms with Crippen LogP contribution in [0.3, 0.4) is 0 Å². The largest absolute Gasteiger partial charge is 0.462 e. The van der Waals surface area contributed by atoms with Crippen molar-refractivity contribution in [1.82, 2.24) is 4.98 Å². The summed E-state index contributed by atoms with van der Waals surface area (Å²) in [5.41, 5.74) is 0.527. The number of piperidine rings is 1. The fourth-order valence-electron chi connectivity index (χ4n) is 2.83. The van der Waals surface area contributed by atoms with Gasteiger partial charge in [-0.25, -0.2) is 9.78 Å². The zero-order valence-corrected chi connectivity index (χ0v) is 12.5. The Morgan fingerprint density at radius 3 is 2.90 bits per heavy atom. The second-order valence-electron chi connectivity index (χ2n) is 5.26. The van der Waals surface area contributed by atoms with Gasteiger partial charge in [-0.1, -0.05) is 13.3 Å². The van der Waals surface area contributed by atoms with Crippen LogP contribution in [0, 0.1) is 0 Å². The molecule has 0 bridgehead atoms. The Morgan fingerprint density at radius 1 is 1.40 bits per heavy atom. The van der Waals surface area contributed by atoms with Crippen LogP contribution in [0.5, 0.6) is 0 Å². The molecule has 4 heteroatoms. The number of rotatable bonds is 5. The van der Waals surface area contributed by atoms with E-state index >= 15 is 0 Å². The minimum atomic E-state index is -0.296. The minimum absolute atomic E-state index is 0.296. The molecular weight excluding hydrogens is 252 g/mol. The molecule has 2 rings (SSSR count). The third kappa shape index (κ3) is 3.50. The molecule has 1 fully saturated rings. The van der Waals surface area contributed by atoms with Gasteiger partial charge in [-0.05, 0) is 44.7 Å². The van der Waals surface area contributed by atoms with Gasteiger partial charge in [0.05, 0.1) is 12.2 Å². The molecule has 0 saturated carbocycles. The number of carbonyl (C=O) groups excluding carboxylic acids is 1. The Kier molecular flexibility index (Phi) is 5.39. The van der Waals surface area contributed by atoms with Crippen LogP contribution in [-0.4, -0.2) is 30.1 Å². The topological polar surface area (TPSA) is 42.4 Å². The van der Waals surface area contributed by atoms with Gasteiger partial charge in [-0.15, -0.1) is 0 Å².